The number of carbonyl (C=O) groups is 2. The van der Waals surface area contributed by atoms with Crippen molar-refractivity contribution in [3.8, 4) is 0 Å². The number of carbonyl (C=O) groups excluding carboxylic acids is 2. The molecule has 4 nitrogen and oxygen atoms in total. The molecule has 0 heterocycles. The van der Waals surface area contributed by atoms with Crippen LogP contribution in [0.2, 0.25) is 5.02 Å². The summed E-state index contributed by atoms with van der Waals surface area (Å²) >= 11 is 5.84. The number of hydrogen-bond donors (Lipinski definition) is 2. The van der Waals surface area contributed by atoms with E-state index in [1.807, 2.05) is 0 Å². The second-order valence-electron chi connectivity index (χ2n) is 4.19. The van der Waals surface area contributed by atoms with Crippen LogP contribution in [-0.4, -0.2) is 11.8 Å². The van der Waals surface area contributed by atoms with Crippen LogP contribution in [0.15, 0.2) is 48.5 Å². The van der Waals surface area contributed by atoms with Crippen molar-refractivity contribution in [3.05, 3.63) is 59.1 Å². The lowest BCUT2D eigenvalue weighted by molar-refractivity contribution is 0.101. The third-order valence-corrected chi connectivity index (χ3v) is 2.87. The molecule has 2 N–H and O–H groups in total. The predicted octanol–water partition coefficient (Wildman–Crippen LogP) is 4.19. The summed E-state index contributed by atoms with van der Waals surface area (Å²) in [6.45, 7) is 1.45. The van der Waals surface area contributed by atoms with Crippen molar-refractivity contribution in [2.75, 3.05) is 10.6 Å². The Bertz CT molecular complexity index is 656. The molecule has 0 atom stereocenters. The summed E-state index contributed by atoms with van der Waals surface area (Å²) in [5.74, 6) is -0.108. The van der Waals surface area contributed by atoms with Gasteiger partial charge < -0.3 is 10.6 Å². The molecule has 0 aliphatic carbocycles. The number of para-hydroxylation sites is 1. The van der Waals surface area contributed by atoms with Gasteiger partial charge in [-0.1, -0.05) is 29.8 Å². The first-order valence-corrected chi connectivity index (χ1v) is 6.37. The SMILES string of the molecule is CC(=O)c1ccccc1NC(=O)Nc1cccc(Cl)c1. The van der Waals surface area contributed by atoms with Crippen LogP contribution in [0.1, 0.15) is 17.3 Å². The monoisotopic (exact) mass is 288 g/mol. The van der Waals surface area contributed by atoms with E-state index >= 15 is 0 Å². The Kier molecular flexibility index (Phi) is 4.38. The third-order valence-electron chi connectivity index (χ3n) is 2.64. The molecule has 2 aromatic rings. The number of hydrogen-bond acceptors (Lipinski definition) is 2. The van der Waals surface area contributed by atoms with Crippen LogP contribution in [0.3, 0.4) is 0 Å². The first-order chi connectivity index (χ1) is 9.56. The third kappa shape index (κ3) is 3.59. The minimum Gasteiger partial charge on any atom is -0.308 e. The fraction of sp³-hybridized carbons (Fsp3) is 0.0667. The Morgan fingerprint density at radius 3 is 2.45 bits per heavy atom. The second-order valence-corrected chi connectivity index (χ2v) is 4.63. The van der Waals surface area contributed by atoms with Gasteiger partial charge in [0.2, 0.25) is 0 Å². The van der Waals surface area contributed by atoms with E-state index in [-0.39, 0.29) is 5.78 Å². The van der Waals surface area contributed by atoms with E-state index < -0.39 is 6.03 Å². The maximum absolute atomic E-state index is 11.9. The maximum atomic E-state index is 11.9. The highest BCUT2D eigenvalue weighted by Crippen LogP contribution is 2.18. The van der Waals surface area contributed by atoms with Crippen LogP contribution < -0.4 is 10.6 Å². The molecule has 0 saturated heterocycles. The minimum absolute atomic E-state index is 0.108. The average molecular weight is 289 g/mol. The van der Waals surface area contributed by atoms with Crippen LogP contribution >= 0.6 is 11.6 Å². The van der Waals surface area contributed by atoms with Crippen LogP contribution in [0.4, 0.5) is 16.2 Å². The summed E-state index contributed by atoms with van der Waals surface area (Å²) in [5, 5.41) is 5.83. The van der Waals surface area contributed by atoms with Gasteiger partial charge in [-0.05, 0) is 37.3 Å². The van der Waals surface area contributed by atoms with Gasteiger partial charge in [0, 0.05) is 16.3 Å². The molecule has 0 fully saturated rings. The van der Waals surface area contributed by atoms with Crippen LogP contribution in [-0.2, 0) is 0 Å². The highest BCUT2D eigenvalue weighted by atomic mass is 35.5. The summed E-state index contributed by atoms with van der Waals surface area (Å²) in [7, 11) is 0. The first kappa shape index (κ1) is 14.1. The van der Waals surface area contributed by atoms with Gasteiger partial charge in [-0.15, -0.1) is 0 Å². The van der Waals surface area contributed by atoms with E-state index in [0.717, 1.165) is 0 Å². The lowest BCUT2D eigenvalue weighted by Crippen LogP contribution is -2.20. The maximum Gasteiger partial charge on any atom is 0.323 e. The molecule has 0 bridgehead atoms. The standard InChI is InChI=1S/C15H13ClN2O2/c1-10(19)13-7-2-3-8-14(13)18-15(20)17-12-6-4-5-11(16)9-12/h2-9H,1H3,(H2,17,18,20). The van der Waals surface area contributed by atoms with E-state index in [1.54, 1.807) is 48.5 Å². The van der Waals surface area contributed by atoms with E-state index in [4.69, 9.17) is 11.6 Å². The van der Waals surface area contributed by atoms with Crippen LogP contribution in [0.5, 0.6) is 0 Å². The van der Waals surface area contributed by atoms with Crippen LogP contribution in [0, 0.1) is 0 Å². The highest BCUT2D eigenvalue weighted by molar-refractivity contribution is 6.30. The van der Waals surface area contributed by atoms with E-state index in [2.05, 4.69) is 10.6 Å². The van der Waals surface area contributed by atoms with Gasteiger partial charge in [0.05, 0.1) is 5.69 Å². The Morgan fingerprint density at radius 1 is 1.00 bits per heavy atom. The van der Waals surface area contributed by atoms with E-state index in [9.17, 15) is 9.59 Å². The number of anilines is 2. The number of amides is 2. The summed E-state index contributed by atoms with van der Waals surface area (Å²) in [6, 6.07) is 13.2. The van der Waals surface area contributed by atoms with Gasteiger partial charge in [-0.25, -0.2) is 4.79 Å². The van der Waals surface area contributed by atoms with Crippen molar-refractivity contribution < 1.29 is 9.59 Å². The molecule has 5 heteroatoms. The quantitative estimate of drug-likeness (QED) is 0.832. The second kappa shape index (κ2) is 6.21. The molecule has 0 saturated carbocycles. The van der Waals surface area contributed by atoms with Gasteiger partial charge >= 0.3 is 6.03 Å². The molecule has 2 rings (SSSR count). The number of rotatable bonds is 3. The van der Waals surface area contributed by atoms with Crippen molar-refractivity contribution in [2.24, 2.45) is 0 Å². The Labute approximate surface area is 121 Å². The zero-order valence-electron chi connectivity index (χ0n) is 10.8. The Balaban J connectivity index is 2.11. The molecule has 2 aromatic carbocycles. The smallest absolute Gasteiger partial charge is 0.308 e. The van der Waals surface area contributed by atoms with Gasteiger partial charge in [-0.2, -0.15) is 0 Å². The molecule has 0 spiro atoms. The van der Waals surface area contributed by atoms with Crippen molar-refractivity contribution in [1.29, 1.82) is 0 Å². The first-order valence-electron chi connectivity index (χ1n) is 6.00. The highest BCUT2D eigenvalue weighted by Gasteiger charge is 2.09. The van der Waals surface area contributed by atoms with Crippen molar-refractivity contribution in [3.63, 3.8) is 0 Å². The normalized spacial score (nSPS) is 9.90. The summed E-state index contributed by atoms with van der Waals surface area (Å²) in [5.41, 5.74) is 1.52. The molecule has 0 aliphatic rings. The molecule has 0 unspecified atom stereocenters. The van der Waals surface area contributed by atoms with Crippen molar-refractivity contribution in [2.45, 2.75) is 6.92 Å². The van der Waals surface area contributed by atoms with Crippen molar-refractivity contribution in [1.82, 2.24) is 0 Å². The summed E-state index contributed by atoms with van der Waals surface area (Å²) in [6.07, 6.45) is 0. The molecular weight excluding hydrogens is 276 g/mol. The molecule has 20 heavy (non-hydrogen) atoms. The minimum atomic E-state index is -0.430. The predicted molar refractivity (Wildman–Crippen MR) is 80.5 cm³/mol. The number of ketones is 1. The summed E-state index contributed by atoms with van der Waals surface area (Å²) < 4.78 is 0. The lowest BCUT2D eigenvalue weighted by Gasteiger charge is -2.10. The molecule has 2 amide bonds. The van der Waals surface area contributed by atoms with E-state index in [0.29, 0.717) is 22.0 Å². The topological polar surface area (TPSA) is 58.2 Å². The zero-order valence-corrected chi connectivity index (χ0v) is 11.6. The molecule has 0 aliphatic heterocycles. The Hall–Kier alpha value is -2.33. The fourth-order valence-corrected chi connectivity index (χ4v) is 1.94. The Morgan fingerprint density at radius 2 is 1.75 bits per heavy atom. The largest absolute Gasteiger partial charge is 0.323 e. The number of benzene rings is 2. The van der Waals surface area contributed by atoms with Gasteiger partial charge in [0.15, 0.2) is 5.78 Å². The molecule has 0 aromatic heterocycles. The molecule has 102 valence electrons. The number of urea groups is 1. The molecule has 0 radical (unpaired) electrons. The van der Waals surface area contributed by atoms with E-state index in [1.165, 1.54) is 6.92 Å². The van der Waals surface area contributed by atoms with Crippen LogP contribution in [0.25, 0.3) is 0 Å². The van der Waals surface area contributed by atoms with Crippen molar-refractivity contribution >= 4 is 34.8 Å². The lowest BCUT2D eigenvalue weighted by atomic mass is 10.1. The number of halogens is 1. The van der Waals surface area contributed by atoms with Gasteiger partial charge in [0.1, 0.15) is 0 Å². The average Bonchev–Trinajstić information content (AvgIpc) is 2.38. The van der Waals surface area contributed by atoms with Gasteiger partial charge in [-0.3, -0.25) is 4.79 Å². The summed E-state index contributed by atoms with van der Waals surface area (Å²) in [4.78, 5) is 23.4. The van der Waals surface area contributed by atoms with Gasteiger partial charge in [0.25, 0.3) is 0 Å². The zero-order chi connectivity index (χ0) is 14.5. The number of Topliss-reactive ketones (excluding diaryl/α,β-unsaturated/α-hetero) is 1. The molecular formula is C15H13ClN2O2. The fourth-order valence-electron chi connectivity index (χ4n) is 1.75. The number of nitrogens with one attached hydrogen (secondary N) is 2.